The standard InChI is InChI=1S/C16H11ClN4O/c17-15-14(6-3-7-20-15)21-16(22)13-5-2-1-4-12(13)11-8-18-10-19-9-11/h1-10H,(H,21,22). The Bertz CT molecular complexity index is 808. The summed E-state index contributed by atoms with van der Waals surface area (Å²) in [6.45, 7) is 0. The number of aromatic nitrogens is 3. The molecule has 0 bridgehead atoms. The van der Waals surface area contributed by atoms with Crippen molar-refractivity contribution in [3.8, 4) is 11.1 Å². The van der Waals surface area contributed by atoms with Crippen molar-refractivity contribution in [1.82, 2.24) is 15.0 Å². The molecule has 0 aliphatic carbocycles. The fourth-order valence-electron chi connectivity index (χ4n) is 2.04. The van der Waals surface area contributed by atoms with E-state index in [9.17, 15) is 4.79 Å². The maximum atomic E-state index is 12.5. The smallest absolute Gasteiger partial charge is 0.256 e. The summed E-state index contributed by atoms with van der Waals surface area (Å²) in [6.07, 6.45) is 6.33. The lowest BCUT2D eigenvalue weighted by atomic mass is 10.0. The van der Waals surface area contributed by atoms with Crippen LogP contribution in [-0.2, 0) is 0 Å². The molecule has 22 heavy (non-hydrogen) atoms. The van der Waals surface area contributed by atoms with Gasteiger partial charge in [0.25, 0.3) is 5.91 Å². The van der Waals surface area contributed by atoms with E-state index in [0.29, 0.717) is 11.3 Å². The molecule has 0 spiro atoms. The Hall–Kier alpha value is -2.79. The van der Waals surface area contributed by atoms with E-state index >= 15 is 0 Å². The van der Waals surface area contributed by atoms with Crippen molar-refractivity contribution in [2.24, 2.45) is 0 Å². The minimum atomic E-state index is -0.269. The number of hydrogen-bond acceptors (Lipinski definition) is 4. The van der Waals surface area contributed by atoms with E-state index in [0.717, 1.165) is 11.1 Å². The van der Waals surface area contributed by atoms with Crippen LogP contribution in [-0.4, -0.2) is 20.9 Å². The van der Waals surface area contributed by atoms with Gasteiger partial charge < -0.3 is 5.32 Å². The minimum absolute atomic E-state index is 0.247. The molecule has 1 N–H and O–H groups in total. The molecule has 0 unspecified atom stereocenters. The van der Waals surface area contributed by atoms with Crippen LogP contribution in [0.15, 0.2) is 61.3 Å². The van der Waals surface area contributed by atoms with Gasteiger partial charge in [-0.25, -0.2) is 15.0 Å². The van der Waals surface area contributed by atoms with Crippen LogP contribution in [0.3, 0.4) is 0 Å². The normalized spacial score (nSPS) is 10.2. The number of halogens is 1. The van der Waals surface area contributed by atoms with Gasteiger partial charge >= 0.3 is 0 Å². The quantitative estimate of drug-likeness (QED) is 0.752. The number of carbonyl (C=O) groups excluding carboxylic acids is 1. The number of nitrogens with one attached hydrogen (secondary N) is 1. The van der Waals surface area contributed by atoms with Crippen molar-refractivity contribution in [3.05, 3.63) is 72.0 Å². The third-order valence-corrected chi connectivity index (χ3v) is 3.35. The van der Waals surface area contributed by atoms with Crippen LogP contribution in [0.5, 0.6) is 0 Å². The summed E-state index contributed by atoms with van der Waals surface area (Å²) in [5.74, 6) is -0.269. The zero-order valence-corrected chi connectivity index (χ0v) is 12.2. The maximum Gasteiger partial charge on any atom is 0.256 e. The fraction of sp³-hybridized carbons (Fsp3) is 0. The molecule has 3 rings (SSSR count). The molecule has 0 saturated carbocycles. The number of anilines is 1. The van der Waals surface area contributed by atoms with Gasteiger partial charge in [-0.1, -0.05) is 29.8 Å². The third-order valence-electron chi connectivity index (χ3n) is 3.05. The van der Waals surface area contributed by atoms with Crippen LogP contribution in [0.25, 0.3) is 11.1 Å². The topological polar surface area (TPSA) is 67.8 Å². The Morgan fingerprint density at radius 1 is 1.05 bits per heavy atom. The molecule has 6 heteroatoms. The second-order valence-electron chi connectivity index (χ2n) is 4.47. The molecule has 0 aliphatic rings. The number of rotatable bonds is 3. The van der Waals surface area contributed by atoms with Gasteiger partial charge in [0.05, 0.1) is 5.69 Å². The maximum absolute atomic E-state index is 12.5. The Balaban J connectivity index is 1.96. The number of benzene rings is 1. The lowest BCUT2D eigenvalue weighted by Crippen LogP contribution is -2.13. The molecule has 2 heterocycles. The van der Waals surface area contributed by atoms with E-state index in [1.54, 1.807) is 42.9 Å². The van der Waals surface area contributed by atoms with E-state index in [4.69, 9.17) is 11.6 Å². The molecule has 2 aromatic heterocycles. The summed E-state index contributed by atoms with van der Waals surface area (Å²) in [6, 6.07) is 10.6. The molecule has 3 aromatic rings. The molecule has 0 fully saturated rings. The Morgan fingerprint density at radius 3 is 2.59 bits per heavy atom. The first kappa shape index (κ1) is 14.2. The fourth-order valence-corrected chi connectivity index (χ4v) is 2.21. The highest BCUT2D eigenvalue weighted by Crippen LogP contribution is 2.24. The predicted octanol–water partition coefficient (Wildman–Crippen LogP) is 3.44. The van der Waals surface area contributed by atoms with E-state index in [1.165, 1.54) is 6.33 Å². The van der Waals surface area contributed by atoms with Crippen molar-refractivity contribution >= 4 is 23.2 Å². The SMILES string of the molecule is O=C(Nc1cccnc1Cl)c1ccccc1-c1cncnc1. The van der Waals surface area contributed by atoms with Crippen LogP contribution in [0.2, 0.25) is 5.15 Å². The van der Waals surface area contributed by atoms with Gasteiger partial charge in [0.1, 0.15) is 6.33 Å². The van der Waals surface area contributed by atoms with Crippen molar-refractivity contribution in [2.75, 3.05) is 5.32 Å². The molecule has 5 nitrogen and oxygen atoms in total. The zero-order chi connectivity index (χ0) is 15.4. The molecule has 0 saturated heterocycles. The van der Waals surface area contributed by atoms with E-state index in [-0.39, 0.29) is 11.1 Å². The van der Waals surface area contributed by atoms with Crippen molar-refractivity contribution in [2.45, 2.75) is 0 Å². The van der Waals surface area contributed by atoms with E-state index in [2.05, 4.69) is 20.3 Å². The number of carbonyl (C=O) groups is 1. The van der Waals surface area contributed by atoms with Crippen LogP contribution in [0, 0.1) is 0 Å². The summed E-state index contributed by atoms with van der Waals surface area (Å²) in [5, 5.41) is 3.01. The second kappa shape index (κ2) is 6.32. The van der Waals surface area contributed by atoms with Gasteiger partial charge in [-0.05, 0) is 23.8 Å². The Morgan fingerprint density at radius 2 is 1.82 bits per heavy atom. The number of nitrogens with zero attached hydrogens (tertiary/aromatic N) is 3. The largest absolute Gasteiger partial charge is 0.319 e. The Kier molecular flexibility index (Phi) is 4.07. The molecule has 0 aliphatic heterocycles. The van der Waals surface area contributed by atoms with Crippen LogP contribution < -0.4 is 5.32 Å². The average Bonchev–Trinajstić information content (AvgIpc) is 2.58. The predicted molar refractivity (Wildman–Crippen MR) is 84.7 cm³/mol. The zero-order valence-electron chi connectivity index (χ0n) is 11.4. The lowest BCUT2D eigenvalue weighted by molar-refractivity contribution is 0.102. The monoisotopic (exact) mass is 310 g/mol. The summed E-state index contributed by atoms with van der Waals surface area (Å²) in [4.78, 5) is 24.4. The van der Waals surface area contributed by atoms with Crippen LogP contribution in [0.4, 0.5) is 5.69 Å². The molecule has 108 valence electrons. The van der Waals surface area contributed by atoms with E-state index in [1.807, 2.05) is 12.1 Å². The van der Waals surface area contributed by atoms with Crippen LogP contribution in [0.1, 0.15) is 10.4 Å². The van der Waals surface area contributed by atoms with Gasteiger partial charge in [-0.15, -0.1) is 0 Å². The summed E-state index contributed by atoms with van der Waals surface area (Å²) < 4.78 is 0. The highest BCUT2D eigenvalue weighted by Gasteiger charge is 2.14. The van der Waals surface area contributed by atoms with Gasteiger partial charge in [0, 0.05) is 29.7 Å². The lowest BCUT2D eigenvalue weighted by Gasteiger charge is -2.10. The molecular formula is C16H11ClN4O. The Labute approximate surface area is 132 Å². The van der Waals surface area contributed by atoms with Crippen molar-refractivity contribution < 1.29 is 4.79 Å². The van der Waals surface area contributed by atoms with Crippen molar-refractivity contribution in [1.29, 1.82) is 0 Å². The summed E-state index contributed by atoms with van der Waals surface area (Å²) in [7, 11) is 0. The van der Waals surface area contributed by atoms with Crippen molar-refractivity contribution in [3.63, 3.8) is 0 Å². The molecule has 1 amide bonds. The molecule has 1 aromatic carbocycles. The highest BCUT2D eigenvalue weighted by atomic mass is 35.5. The molecule has 0 atom stereocenters. The van der Waals surface area contributed by atoms with Gasteiger partial charge in [0.15, 0.2) is 5.15 Å². The third kappa shape index (κ3) is 2.94. The first-order chi connectivity index (χ1) is 10.8. The average molecular weight is 311 g/mol. The highest BCUT2D eigenvalue weighted by molar-refractivity contribution is 6.32. The number of hydrogen-bond donors (Lipinski definition) is 1. The number of pyridine rings is 1. The molecular weight excluding hydrogens is 300 g/mol. The van der Waals surface area contributed by atoms with Gasteiger partial charge in [0.2, 0.25) is 0 Å². The first-order valence-corrected chi connectivity index (χ1v) is 6.90. The molecule has 0 radical (unpaired) electrons. The van der Waals surface area contributed by atoms with Crippen LogP contribution >= 0.6 is 11.6 Å². The first-order valence-electron chi connectivity index (χ1n) is 6.52. The van der Waals surface area contributed by atoms with Gasteiger partial charge in [-0.2, -0.15) is 0 Å². The summed E-state index contributed by atoms with van der Waals surface area (Å²) in [5.41, 5.74) is 2.50. The van der Waals surface area contributed by atoms with Gasteiger partial charge in [-0.3, -0.25) is 4.79 Å². The second-order valence-corrected chi connectivity index (χ2v) is 4.83. The van der Waals surface area contributed by atoms with E-state index < -0.39 is 0 Å². The number of amides is 1. The summed E-state index contributed by atoms with van der Waals surface area (Å²) >= 11 is 5.97. The minimum Gasteiger partial charge on any atom is -0.319 e.